The van der Waals surface area contributed by atoms with E-state index in [0.717, 1.165) is 5.56 Å². The molecule has 0 saturated heterocycles. The first-order chi connectivity index (χ1) is 7.32. The van der Waals surface area contributed by atoms with E-state index in [-0.39, 0.29) is 5.41 Å². The smallest absolute Gasteiger partial charge is 0.0991 e. The van der Waals surface area contributed by atoms with Gasteiger partial charge in [-0.1, -0.05) is 6.07 Å². The maximum Gasteiger partial charge on any atom is 0.0991 e. The lowest BCUT2D eigenvalue weighted by Crippen LogP contribution is -2.24. The van der Waals surface area contributed by atoms with Crippen molar-refractivity contribution in [3.8, 4) is 12.1 Å². The molecule has 1 aromatic carbocycles. The fourth-order valence-electron chi connectivity index (χ4n) is 3.89. The number of fused-ring (bicyclic) bond motifs is 4. The van der Waals surface area contributed by atoms with Gasteiger partial charge in [0.15, 0.2) is 0 Å². The highest BCUT2D eigenvalue weighted by Crippen LogP contribution is 2.86. The zero-order valence-corrected chi connectivity index (χ0v) is 8.07. The lowest BCUT2D eigenvalue weighted by atomic mass is 9.70. The number of nitriles is 2. The van der Waals surface area contributed by atoms with E-state index in [1.165, 1.54) is 17.5 Å². The normalized spacial score (nSPS) is 41.9. The van der Waals surface area contributed by atoms with Crippen LogP contribution in [0.5, 0.6) is 0 Å². The third kappa shape index (κ3) is 0.546. The minimum Gasteiger partial charge on any atom is -0.198 e. The Hall–Kier alpha value is -1.80. The van der Waals surface area contributed by atoms with Crippen molar-refractivity contribution in [2.75, 3.05) is 0 Å². The Morgan fingerprint density at radius 1 is 1.27 bits per heavy atom. The van der Waals surface area contributed by atoms with Gasteiger partial charge in [0.1, 0.15) is 0 Å². The summed E-state index contributed by atoms with van der Waals surface area (Å²) in [6, 6.07) is 10.6. The van der Waals surface area contributed by atoms with E-state index in [1.54, 1.807) is 0 Å². The summed E-state index contributed by atoms with van der Waals surface area (Å²) < 4.78 is 0. The molecule has 2 fully saturated rings. The molecule has 0 unspecified atom stereocenters. The van der Waals surface area contributed by atoms with E-state index < -0.39 is 0 Å². The van der Waals surface area contributed by atoms with Gasteiger partial charge < -0.3 is 0 Å². The summed E-state index contributed by atoms with van der Waals surface area (Å²) in [5.41, 5.74) is 3.31. The Morgan fingerprint density at radius 2 is 2.13 bits per heavy atom. The summed E-state index contributed by atoms with van der Waals surface area (Å²) >= 11 is 0. The molecule has 0 heterocycles. The summed E-state index contributed by atoms with van der Waals surface area (Å²) in [4.78, 5) is 0. The Labute approximate surface area is 87.8 Å². The molecule has 4 atom stereocenters. The summed E-state index contributed by atoms with van der Waals surface area (Å²) in [5.74, 6) is 1.56. The maximum atomic E-state index is 9.25. The largest absolute Gasteiger partial charge is 0.198 e. The standard InChI is InChI=1S/C13H8N2/c14-5-7-1-2-8-9(3-7)10-4-11-12(8)13(10,11)6-15/h1-3,10-12H,4H2/t10-,11+,12-,13+/m1/s1. The van der Waals surface area contributed by atoms with Crippen LogP contribution in [0.25, 0.3) is 0 Å². The average molecular weight is 192 g/mol. The van der Waals surface area contributed by atoms with E-state index >= 15 is 0 Å². The first kappa shape index (κ1) is 7.49. The van der Waals surface area contributed by atoms with E-state index in [1.807, 2.05) is 12.1 Å². The van der Waals surface area contributed by atoms with Crippen LogP contribution in [0.15, 0.2) is 18.2 Å². The minimum absolute atomic E-state index is 0.0452. The zero-order chi connectivity index (χ0) is 10.2. The zero-order valence-electron chi connectivity index (χ0n) is 8.07. The predicted octanol–water partition coefficient (Wildman–Crippen LogP) is 2.28. The molecular formula is C13H8N2. The lowest BCUT2D eigenvalue weighted by Gasteiger charge is -2.31. The summed E-state index contributed by atoms with van der Waals surface area (Å²) in [5, 5.41) is 18.1. The second kappa shape index (κ2) is 1.92. The quantitative estimate of drug-likeness (QED) is 0.633. The number of benzene rings is 1. The molecule has 0 spiro atoms. The van der Waals surface area contributed by atoms with Gasteiger partial charge in [-0.2, -0.15) is 10.5 Å². The van der Waals surface area contributed by atoms with Gasteiger partial charge in [-0.3, -0.25) is 0 Å². The second-order valence-electron chi connectivity index (χ2n) is 4.87. The Balaban J connectivity index is 1.95. The van der Waals surface area contributed by atoms with Crippen LogP contribution in [-0.2, 0) is 0 Å². The highest BCUT2D eigenvalue weighted by molar-refractivity contribution is 5.61. The Bertz CT molecular complexity index is 575. The molecule has 3 aliphatic rings. The maximum absolute atomic E-state index is 9.25. The Kier molecular flexibility index (Phi) is 0.960. The van der Waals surface area contributed by atoms with Crippen molar-refractivity contribution in [2.45, 2.75) is 18.3 Å². The summed E-state index contributed by atoms with van der Waals surface area (Å²) in [6.07, 6.45) is 1.17. The third-order valence-corrected chi connectivity index (χ3v) is 4.61. The molecule has 0 radical (unpaired) electrons. The number of hydrogen-bond acceptors (Lipinski definition) is 2. The number of hydrogen-bond donors (Lipinski definition) is 0. The van der Waals surface area contributed by atoms with Gasteiger partial charge in [-0.15, -0.1) is 0 Å². The van der Waals surface area contributed by atoms with Gasteiger partial charge in [-0.25, -0.2) is 0 Å². The number of nitrogens with zero attached hydrogens (tertiary/aromatic N) is 2. The topological polar surface area (TPSA) is 47.6 Å². The second-order valence-corrected chi connectivity index (χ2v) is 4.87. The van der Waals surface area contributed by atoms with Crippen molar-refractivity contribution >= 4 is 0 Å². The highest BCUT2D eigenvalue weighted by Gasteiger charge is 2.81. The van der Waals surface area contributed by atoms with E-state index in [9.17, 15) is 5.26 Å². The van der Waals surface area contributed by atoms with Crippen LogP contribution >= 0.6 is 0 Å². The summed E-state index contributed by atoms with van der Waals surface area (Å²) in [6.45, 7) is 0. The van der Waals surface area contributed by atoms with E-state index in [4.69, 9.17) is 5.26 Å². The molecule has 2 saturated carbocycles. The Morgan fingerprint density at radius 3 is 2.87 bits per heavy atom. The highest BCUT2D eigenvalue weighted by atomic mass is 14.8. The van der Waals surface area contributed by atoms with Crippen LogP contribution < -0.4 is 0 Å². The first-order valence-corrected chi connectivity index (χ1v) is 5.28. The van der Waals surface area contributed by atoms with Crippen LogP contribution in [0.3, 0.4) is 0 Å². The molecule has 3 aliphatic carbocycles. The monoisotopic (exact) mass is 192 g/mol. The van der Waals surface area contributed by atoms with E-state index in [0.29, 0.717) is 17.8 Å². The van der Waals surface area contributed by atoms with Crippen molar-refractivity contribution in [1.29, 1.82) is 10.5 Å². The molecule has 4 rings (SSSR count). The van der Waals surface area contributed by atoms with Crippen LogP contribution in [-0.4, -0.2) is 0 Å². The van der Waals surface area contributed by atoms with Gasteiger partial charge in [0.05, 0.1) is 23.1 Å². The molecule has 0 aromatic heterocycles. The van der Waals surface area contributed by atoms with Crippen molar-refractivity contribution in [1.82, 2.24) is 0 Å². The molecule has 0 N–H and O–H groups in total. The first-order valence-electron chi connectivity index (χ1n) is 5.28. The molecule has 1 aromatic rings. The molecule has 0 bridgehead atoms. The van der Waals surface area contributed by atoms with Crippen molar-refractivity contribution in [3.63, 3.8) is 0 Å². The van der Waals surface area contributed by atoms with Gasteiger partial charge >= 0.3 is 0 Å². The molecule has 15 heavy (non-hydrogen) atoms. The summed E-state index contributed by atoms with van der Waals surface area (Å²) in [7, 11) is 0. The van der Waals surface area contributed by atoms with Crippen LogP contribution in [0.4, 0.5) is 0 Å². The van der Waals surface area contributed by atoms with Gasteiger partial charge in [0.2, 0.25) is 0 Å². The van der Waals surface area contributed by atoms with Gasteiger partial charge in [0, 0.05) is 11.8 Å². The molecule has 0 aliphatic heterocycles. The fourth-order valence-corrected chi connectivity index (χ4v) is 3.89. The molecular weight excluding hydrogens is 184 g/mol. The van der Waals surface area contributed by atoms with Crippen LogP contribution in [0, 0.1) is 34.0 Å². The fraction of sp³-hybridized carbons (Fsp3) is 0.385. The average Bonchev–Trinajstić information content (AvgIpc) is 2.70. The van der Waals surface area contributed by atoms with E-state index in [2.05, 4.69) is 18.2 Å². The lowest BCUT2D eigenvalue weighted by molar-refractivity contribution is 0.311. The van der Waals surface area contributed by atoms with Gasteiger partial charge in [0.25, 0.3) is 0 Å². The van der Waals surface area contributed by atoms with Crippen molar-refractivity contribution in [2.24, 2.45) is 11.3 Å². The molecule has 2 heteroatoms. The van der Waals surface area contributed by atoms with Crippen molar-refractivity contribution < 1.29 is 0 Å². The molecule has 70 valence electrons. The van der Waals surface area contributed by atoms with Crippen LogP contribution in [0.2, 0.25) is 0 Å². The number of rotatable bonds is 0. The third-order valence-electron chi connectivity index (χ3n) is 4.61. The predicted molar refractivity (Wildman–Crippen MR) is 52.8 cm³/mol. The SMILES string of the molecule is N#Cc1ccc2c(c1)[C@H]1C[C@H]3[C@@H]2[C@@]13C#N. The van der Waals surface area contributed by atoms with Crippen LogP contribution in [0.1, 0.15) is 34.9 Å². The van der Waals surface area contributed by atoms with Gasteiger partial charge in [-0.05, 0) is 35.6 Å². The minimum atomic E-state index is -0.0452. The van der Waals surface area contributed by atoms with Crippen molar-refractivity contribution in [3.05, 3.63) is 34.9 Å². The molecule has 0 amide bonds. The molecule has 2 nitrogen and oxygen atoms in total.